The first kappa shape index (κ1) is 49.0. The Kier molecular flexibility index (Phi) is 18.1. The van der Waals surface area contributed by atoms with Gasteiger partial charge in [0.1, 0.15) is 20.2 Å². The second kappa shape index (κ2) is 22.5. The topological polar surface area (TPSA) is 306 Å². The van der Waals surface area contributed by atoms with Gasteiger partial charge in [0.25, 0.3) is 0 Å². The molecule has 0 radical (unpaired) electrons. The molecular weight excluding hydrogens is 849 g/mol. The second-order valence-corrected chi connectivity index (χ2v) is 15.3. The zero-order chi connectivity index (χ0) is 42.0. The molecule has 2 heterocycles. The van der Waals surface area contributed by atoms with E-state index in [4.69, 9.17) is 5.73 Å². The maximum absolute atomic E-state index is 12.7. The first-order chi connectivity index (χ1) is 28.3. The van der Waals surface area contributed by atoms with Crippen LogP contribution >= 0.6 is 0 Å². The molecule has 4 aromatic carbocycles. The number of nitrogens with two attached hydrogens (primary N) is 1. The van der Waals surface area contributed by atoms with Crippen molar-refractivity contribution in [1.82, 2.24) is 29.9 Å². The number of para-hydroxylation sites is 2. The van der Waals surface area contributed by atoms with Gasteiger partial charge in [-0.2, -0.15) is 29.9 Å². The first-order valence-corrected chi connectivity index (χ1v) is 20.7. The maximum Gasteiger partial charge on any atom is 1.00 e. The van der Waals surface area contributed by atoms with Gasteiger partial charge in [0.2, 0.25) is 23.8 Å². The molecule has 306 valence electrons. The Bertz CT molecular complexity index is 2690. The van der Waals surface area contributed by atoms with Crippen LogP contribution in [-0.2, 0) is 20.2 Å². The van der Waals surface area contributed by atoms with Gasteiger partial charge >= 0.3 is 59.1 Å². The Hall–Kier alpha value is -4.62. The van der Waals surface area contributed by atoms with Crippen molar-refractivity contribution >= 4 is 73.2 Å². The van der Waals surface area contributed by atoms with Gasteiger partial charge in [-0.25, -0.2) is 16.8 Å². The minimum Gasteiger partial charge on any atom is -0.744 e. The van der Waals surface area contributed by atoms with Crippen LogP contribution in [0.2, 0.25) is 0 Å². The van der Waals surface area contributed by atoms with Gasteiger partial charge in [0, 0.05) is 60.1 Å². The summed E-state index contributed by atoms with van der Waals surface area (Å²) in [7, 11) is -10.4. The molecule has 0 aliphatic heterocycles. The molecule has 0 saturated carbocycles. The number of nitrogens with zero attached hydrogens (tertiary/aromatic N) is 6. The Morgan fingerprint density at radius 2 is 1.03 bits per heavy atom. The molecule has 0 fully saturated rings. The second-order valence-electron chi connectivity index (χ2n) is 12.6. The first-order valence-electron chi connectivity index (χ1n) is 17.8. The molecule has 61 heavy (non-hydrogen) atoms. The van der Waals surface area contributed by atoms with Crippen LogP contribution < -0.4 is 86.1 Å². The van der Waals surface area contributed by atoms with E-state index in [0.29, 0.717) is 37.3 Å². The van der Waals surface area contributed by atoms with E-state index in [2.05, 4.69) is 51.2 Å². The van der Waals surface area contributed by atoms with Crippen molar-refractivity contribution in [2.24, 2.45) is 0 Å². The fourth-order valence-corrected chi connectivity index (χ4v) is 6.93. The van der Waals surface area contributed by atoms with Crippen molar-refractivity contribution in [2.45, 2.75) is 22.6 Å². The summed E-state index contributed by atoms with van der Waals surface area (Å²) >= 11 is 0. The van der Waals surface area contributed by atoms with E-state index in [-0.39, 0.29) is 136 Å². The fraction of sp³-hybridized carbons (Fsp3) is 0.158. The maximum atomic E-state index is 12.7. The number of rotatable bonds is 18. The van der Waals surface area contributed by atoms with E-state index in [0.717, 1.165) is 24.3 Å². The normalized spacial score (nSPS) is 11.3. The minimum atomic E-state index is -5.24. The molecule has 0 amide bonds. The predicted octanol–water partition coefficient (Wildman–Crippen LogP) is -1.96. The van der Waals surface area contributed by atoms with E-state index >= 15 is 0 Å². The van der Waals surface area contributed by atoms with Crippen LogP contribution in [0.4, 0.5) is 40.9 Å². The summed E-state index contributed by atoms with van der Waals surface area (Å²) in [5.74, 6) is 0.310. The van der Waals surface area contributed by atoms with Crippen molar-refractivity contribution in [2.75, 3.05) is 53.3 Å². The largest absolute Gasteiger partial charge is 1.00 e. The van der Waals surface area contributed by atoms with Gasteiger partial charge in [0.15, 0.2) is 11.6 Å². The van der Waals surface area contributed by atoms with Crippen LogP contribution in [0, 0.1) is 0 Å². The minimum absolute atomic E-state index is 0. The van der Waals surface area contributed by atoms with Gasteiger partial charge in [-0.15, -0.1) is 0 Å². The molecule has 0 saturated heterocycles. The molecule has 19 nitrogen and oxygen atoms in total. The van der Waals surface area contributed by atoms with Crippen molar-refractivity contribution in [3.8, 4) is 22.8 Å². The van der Waals surface area contributed by atoms with Gasteiger partial charge in [-0.1, -0.05) is 60.7 Å². The van der Waals surface area contributed by atoms with Crippen LogP contribution in [0.25, 0.3) is 34.9 Å². The van der Waals surface area contributed by atoms with E-state index in [9.17, 15) is 36.2 Å². The number of hydrogen-bond donors (Lipinski definition) is 7. The zero-order valence-electron chi connectivity index (χ0n) is 33.0. The summed E-state index contributed by atoms with van der Waals surface area (Å²) in [4.78, 5) is 24.8. The van der Waals surface area contributed by atoms with Gasteiger partial charge in [-0.3, -0.25) is 0 Å². The number of benzene rings is 4. The van der Waals surface area contributed by atoms with E-state index in [1.54, 1.807) is 48.5 Å². The Morgan fingerprint density at radius 3 is 1.51 bits per heavy atom. The van der Waals surface area contributed by atoms with Crippen LogP contribution in [-0.4, -0.2) is 92.4 Å². The molecule has 0 atom stereocenters. The average molecular weight is 886 g/mol. The zero-order valence-corrected chi connectivity index (χ0v) is 38.6. The molecule has 0 unspecified atom stereocenters. The average Bonchev–Trinajstić information content (AvgIpc) is 3.20. The molecule has 8 N–H and O–H groups in total. The SMILES string of the molecule is Nc1cc(-c2nc(NCCCO)nc(Nc3ccccc3)n2)cc(S(=O)(=O)[O-])c1C=Cc1ccc(-c2nc(NCCCO)nc(Nc3ccccc3)n2)cc1S(=O)(=O)[O-].[Na+].[Na+]. The van der Waals surface area contributed by atoms with E-state index in [1.165, 1.54) is 18.2 Å². The van der Waals surface area contributed by atoms with Crippen molar-refractivity contribution in [3.63, 3.8) is 0 Å². The third-order valence-electron chi connectivity index (χ3n) is 8.24. The fourth-order valence-electron chi connectivity index (χ4n) is 5.50. The Balaban J connectivity index is 0.00000410. The molecule has 0 aliphatic carbocycles. The molecule has 0 spiro atoms. The molecule has 2 aromatic heterocycles. The van der Waals surface area contributed by atoms with E-state index in [1.807, 2.05) is 12.1 Å². The van der Waals surface area contributed by atoms with Crippen LogP contribution in [0.5, 0.6) is 0 Å². The van der Waals surface area contributed by atoms with Gasteiger partial charge in [0.05, 0.1) is 9.79 Å². The summed E-state index contributed by atoms with van der Waals surface area (Å²) in [6.45, 7) is 0.424. The number of aliphatic hydroxyl groups is 2. The number of nitrogens with one attached hydrogen (secondary N) is 4. The summed E-state index contributed by atoms with van der Waals surface area (Å²) in [6, 6.07) is 24.1. The third kappa shape index (κ3) is 13.7. The standard InChI is InChI=1S/C38H39N11O8S2.2Na/c39-30-21-26(34-45-36(41-18-8-20-51)49-38(47-34)43-28-11-5-2-6-12-28)23-32(59(55,56)57)29(30)16-15-24-13-14-25(22-31(24)58(52,53)54)33-44-35(40-17-7-19-50)48-37(46-33)42-27-9-3-1-4-10-27;;/h1-6,9-16,21-23,50-51H,7-8,17-20,39H2,(H,52,53,54)(H,55,56,57)(H2,40,42,44,46,48)(H2,41,43,45,47,49);;/q;2*+1/p-2. The molecular formula is C38H37N11Na2O8S2. The molecule has 0 bridgehead atoms. The van der Waals surface area contributed by atoms with E-state index < -0.39 is 30.0 Å². The quantitative estimate of drug-likeness (QED) is 0.0162. The summed E-state index contributed by atoms with van der Waals surface area (Å²) in [6.07, 6.45) is 3.02. The Morgan fingerprint density at radius 1 is 0.574 bits per heavy atom. The molecule has 23 heteroatoms. The van der Waals surface area contributed by atoms with Crippen LogP contribution in [0.3, 0.4) is 0 Å². The van der Waals surface area contributed by atoms with Crippen LogP contribution in [0.1, 0.15) is 24.0 Å². The van der Waals surface area contributed by atoms with Gasteiger partial charge < -0.3 is 46.3 Å². The molecule has 0 aliphatic rings. The van der Waals surface area contributed by atoms with Crippen LogP contribution in [0.15, 0.2) is 101 Å². The molecule has 6 aromatic rings. The predicted molar refractivity (Wildman–Crippen MR) is 220 cm³/mol. The summed E-state index contributed by atoms with van der Waals surface area (Å²) in [5.41, 5.74) is 7.14. The third-order valence-corrected chi connectivity index (χ3v) is 10.0. The van der Waals surface area contributed by atoms with Crippen molar-refractivity contribution in [1.29, 1.82) is 0 Å². The number of aromatic nitrogens is 6. The molecule has 6 rings (SSSR count). The van der Waals surface area contributed by atoms with Crippen molar-refractivity contribution < 1.29 is 95.3 Å². The monoisotopic (exact) mass is 885 g/mol. The number of anilines is 7. The number of nitrogen functional groups attached to an aromatic ring is 1. The summed E-state index contributed by atoms with van der Waals surface area (Å²) in [5, 5.41) is 30.5. The van der Waals surface area contributed by atoms with Gasteiger partial charge in [-0.05, 0) is 60.9 Å². The Labute approximate surface area is 395 Å². The number of aliphatic hydroxyl groups excluding tert-OH is 2. The summed E-state index contributed by atoms with van der Waals surface area (Å²) < 4.78 is 76.0. The van der Waals surface area contributed by atoms with Crippen molar-refractivity contribution in [3.05, 3.63) is 102 Å². The smallest absolute Gasteiger partial charge is 0.744 e. The number of hydrogen-bond acceptors (Lipinski definition) is 19.